The van der Waals surface area contributed by atoms with E-state index in [9.17, 15) is 4.39 Å². The molecule has 0 saturated heterocycles. The molecule has 1 unspecified atom stereocenters. The van der Waals surface area contributed by atoms with E-state index in [1.807, 2.05) is 13.0 Å². The minimum Gasteiger partial charge on any atom is -0.333 e. The first-order chi connectivity index (χ1) is 7.15. The zero-order valence-electron chi connectivity index (χ0n) is 8.75. The smallest absolute Gasteiger partial charge is 0.161 e. The molecule has 0 radical (unpaired) electrons. The Balaban J connectivity index is 2.11. The quantitative estimate of drug-likeness (QED) is 0.793. The lowest BCUT2D eigenvalue weighted by Crippen LogP contribution is -2.07. The molecule has 2 nitrogen and oxygen atoms in total. The highest BCUT2D eigenvalue weighted by atomic mass is 32.2. The van der Waals surface area contributed by atoms with Gasteiger partial charge in [0.25, 0.3) is 0 Å². The van der Waals surface area contributed by atoms with Gasteiger partial charge in [-0.05, 0) is 24.6 Å². The van der Waals surface area contributed by atoms with Crippen molar-refractivity contribution in [1.82, 2.24) is 0 Å². The number of amidine groups is 1. The van der Waals surface area contributed by atoms with Crippen molar-refractivity contribution in [3.63, 3.8) is 0 Å². The molecule has 0 aromatic heterocycles. The lowest BCUT2D eigenvalue weighted by Gasteiger charge is -2.07. The number of benzene rings is 1. The summed E-state index contributed by atoms with van der Waals surface area (Å²) >= 11 is 1.65. The molecule has 1 aliphatic rings. The molecule has 1 heterocycles. The van der Waals surface area contributed by atoms with Crippen LogP contribution in [0.25, 0.3) is 0 Å². The number of hydrogen-bond donors (Lipinski definition) is 1. The van der Waals surface area contributed by atoms with E-state index < -0.39 is 0 Å². The van der Waals surface area contributed by atoms with Gasteiger partial charge < -0.3 is 5.32 Å². The molecule has 1 aliphatic heterocycles. The molecule has 1 aromatic rings. The van der Waals surface area contributed by atoms with E-state index in [1.54, 1.807) is 17.8 Å². The van der Waals surface area contributed by atoms with Crippen molar-refractivity contribution in [2.45, 2.75) is 19.1 Å². The summed E-state index contributed by atoms with van der Waals surface area (Å²) in [4.78, 5) is 4.28. The molecule has 1 aromatic carbocycles. The number of nitrogens with one attached hydrogen (secondary N) is 1. The van der Waals surface area contributed by atoms with Crippen molar-refractivity contribution in [2.24, 2.45) is 4.99 Å². The number of nitrogens with zero attached hydrogens (tertiary/aromatic N) is 1. The average molecular weight is 224 g/mol. The Labute approximate surface area is 93.0 Å². The van der Waals surface area contributed by atoms with Crippen LogP contribution in [0.2, 0.25) is 0 Å². The third-order valence-corrected chi connectivity index (χ3v) is 3.18. The third-order valence-electron chi connectivity index (χ3n) is 2.17. The van der Waals surface area contributed by atoms with Crippen LogP contribution in [0.3, 0.4) is 0 Å². The molecule has 0 aliphatic carbocycles. The Hall–Kier alpha value is -1.03. The van der Waals surface area contributed by atoms with E-state index in [0.29, 0.717) is 10.9 Å². The highest BCUT2D eigenvalue weighted by Crippen LogP contribution is 2.23. The van der Waals surface area contributed by atoms with Crippen molar-refractivity contribution < 1.29 is 4.39 Å². The zero-order valence-corrected chi connectivity index (χ0v) is 9.57. The summed E-state index contributed by atoms with van der Waals surface area (Å²) in [5.41, 5.74) is 1.42. The van der Waals surface area contributed by atoms with E-state index in [1.165, 1.54) is 6.07 Å². The number of halogens is 1. The Bertz CT molecular complexity index is 404. The predicted molar refractivity (Wildman–Crippen MR) is 64.1 cm³/mol. The van der Waals surface area contributed by atoms with Gasteiger partial charge in [-0.3, -0.25) is 4.99 Å². The first-order valence-corrected chi connectivity index (χ1v) is 5.77. The van der Waals surface area contributed by atoms with Gasteiger partial charge in [-0.2, -0.15) is 0 Å². The van der Waals surface area contributed by atoms with E-state index in [4.69, 9.17) is 0 Å². The van der Waals surface area contributed by atoms with Crippen molar-refractivity contribution in [1.29, 1.82) is 0 Å². The molecule has 0 spiro atoms. The maximum Gasteiger partial charge on any atom is 0.161 e. The molecule has 0 saturated carbocycles. The van der Waals surface area contributed by atoms with E-state index in [-0.39, 0.29) is 5.82 Å². The summed E-state index contributed by atoms with van der Waals surface area (Å²) in [6.45, 7) is 4.78. The molecule has 1 atom stereocenters. The lowest BCUT2D eigenvalue weighted by atomic mass is 10.2. The summed E-state index contributed by atoms with van der Waals surface area (Å²) in [7, 11) is 0. The van der Waals surface area contributed by atoms with Gasteiger partial charge in [0.15, 0.2) is 5.17 Å². The van der Waals surface area contributed by atoms with Crippen LogP contribution >= 0.6 is 11.8 Å². The summed E-state index contributed by atoms with van der Waals surface area (Å²) < 4.78 is 13.5. The Morgan fingerprint density at radius 1 is 1.53 bits per heavy atom. The van der Waals surface area contributed by atoms with Crippen LogP contribution in [0, 0.1) is 12.7 Å². The Morgan fingerprint density at radius 2 is 2.33 bits per heavy atom. The average Bonchev–Trinajstić information content (AvgIpc) is 2.56. The second kappa shape index (κ2) is 4.23. The van der Waals surface area contributed by atoms with Gasteiger partial charge >= 0.3 is 0 Å². The molecule has 15 heavy (non-hydrogen) atoms. The molecule has 1 N–H and O–H groups in total. The van der Waals surface area contributed by atoms with Crippen LogP contribution in [-0.4, -0.2) is 17.0 Å². The number of rotatable bonds is 1. The number of thioether (sulfide) groups is 1. The van der Waals surface area contributed by atoms with Crippen LogP contribution in [-0.2, 0) is 0 Å². The fourth-order valence-electron chi connectivity index (χ4n) is 1.38. The SMILES string of the molecule is Cc1ccc(NC2=NCC(C)S2)c(F)c1. The van der Waals surface area contributed by atoms with Gasteiger partial charge in [-0.1, -0.05) is 24.8 Å². The molecule has 4 heteroatoms. The summed E-state index contributed by atoms with van der Waals surface area (Å²) in [5.74, 6) is -0.224. The van der Waals surface area contributed by atoms with Crippen LogP contribution in [0.5, 0.6) is 0 Å². The highest BCUT2D eigenvalue weighted by Gasteiger charge is 2.15. The van der Waals surface area contributed by atoms with Crippen LogP contribution in [0.4, 0.5) is 10.1 Å². The molecule has 0 fully saturated rings. The first kappa shape index (κ1) is 10.5. The van der Waals surface area contributed by atoms with Crippen LogP contribution in [0.1, 0.15) is 12.5 Å². The molecule has 80 valence electrons. The van der Waals surface area contributed by atoms with E-state index >= 15 is 0 Å². The van der Waals surface area contributed by atoms with Crippen molar-refractivity contribution >= 4 is 22.6 Å². The monoisotopic (exact) mass is 224 g/mol. The van der Waals surface area contributed by atoms with Gasteiger partial charge in [0.1, 0.15) is 5.82 Å². The topological polar surface area (TPSA) is 24.4 Å². The van der Waals surface area contributed by atoms with Crippen LogP contribution < -0.4 is 5.32 Å². The summed E-state index contributed by atoms with van der Waals surface area (Å²) in [6.07, 6.45) is 0. The number of aliphatic imine (C=N–C) groups is 1. The molecular weight excluding hydrogens is 211 g/mol. The lowest BCUT2D eigenvalue weighted by molar-refractivity contribution is 0.631. The first-order valence-electron chi connectivity index (χ1n) is 4.89. The molecule has 2 rings (SSSR count). The third kappa shape index (κ3) is 2.50. The minimum atomic E-state index is -0.224. The van der Waals surface area contributed by atoms with Crippen molar-refractivity contribution in [2.75, 3.05) is 11.9 Å². The highest BCUT2D eigenvalue weighted by molar-refractivity contribution is 8.15. The number of aryl methyl sites for hydroxylation is 1. The second-order valence-electron chi connectivity index (χ2n) is 3.68. The van der Waals surface area contributed by atoms with Crippen molar-refractivity contribution in [3.8, 4) is 0 Å². The van der Waals surface area contributed by atoms with Gasteiger partial charge in [-0.15, -0.1) is 0 Å². The zero-order chi connectivity index (χ0) is 10.8. The van der Waals surface area contributed by atoms with Crippen molar-refractivity contribution in [3.05, 3.63) is 29.6 Å². The molecule has 0 amide bonds. The fourth-order valence-corrected chi connectivity index (χ4v) is 2.23. The van der Waals surface area contributed by atoms with Crippen LogP contribution in [0.15, 0.2) is 23.2 Å². The maximum absolute atomic E-state index is 13.5. The van der Waals surface area contributed by atoms with Gasteiger partial charge in [0.05, 0.1) is 12.2 Å². The summed E-state index contributed by atoms with van der Waals surface area (Å²) in [5, 5.41) is 4.30. The normalized spacial score (nSPS) is 20.2. The molecule has 0 bridgehead atoms. The fraction of sp³-hybridized carbons (Fsp3) is 0.364. The van der Waals surface area contributed by atoms with Gasteiger partial charge in [0.2, 0.25) is 0 Å². The van der Waals surface area contributed by atoms with E-state index in [2.05, 4.69) is 17.2 Å². The number of anilines is 1. The van der Waals surface area contributed by atoms with Gasteiger partial charge in [0, 0.05) is 5.25 Å². The largest absolute Gasteiger partial charge is 0.333 e. The molecular formula is C11H13FN2S. The standard InChI is InChI=1S/C11H13FN2S/c1-7-3-4-10(9(12)5-7)14-11-13-6-8(2)15-11/h3-5,8H,6H2,1-2H3,(H,13,14). The second-order valence-corrected chi connectivity index (χ2v) is 5.11. The maximum atomic E-state index is 13.5. The predicted octanol–water partition coefficient (Wildman–Crippen LogP) is 3.04. The summed E-state index contributed by atoms with van der Waals surface area (Å²) in [6, 6.07) is 5.15. The Morgan fingerprint density at radius 3 is 2.93 bits per heavy atom. The van der Waals surface area contributed by atoms with Gasteiger partial charge in [-0.25, -0.2) is 4.39 Å². The van der Waals surface area contributed by atoms with E-state index in [0.717, 1.165) is 17.3 Å². The number of hydrogen-bond acceptors (Lipinski definition) is 3. The minimum absolute atomic E-state index is 0.224. The Kier molecular flexibility index (Phi) is 2.95.